The van der Waals surface area contributed by atoms with Crippen molar-refractivity contribution in [2.24, 2.45) is 14.1 Å². The number of hydrogen-bond donors (Lipinski definition) is 1. The normalized spacial score (nSPS) is 11.8. The van der Waals surface area contributed by atoms with Crippen LogP contribution in [0, 0.1) is 0 Å². The van der Waals surface area contributed by atoms with E-state index in [-0.39, 0.29) is 16.8 Å². The van der Waals surface area contributed by atoms with Gasteiger partial charge in [0.15, 0.2) is 0 Å². The van der Waals surface area contributed by atoms with Crippen LogP contribution < -0.4 is 16.6 Å². The molecule has 0 aliphatic heterocycles. The second kappa shape index (κ2) is 5.52. The van der Waals surface area contributed by atoms with Gasteiger partial charge in [0.2, 0.25) is 0 Å². The predicted molar refractivity (Wildman–Crippen MR) is 72.8 cm³/mol. The topological polar surface area (TPSA) is 56.0 Å². The molecule has 18 heavy (non-hydrogen) atoms. The second-order valence-electron chi connectivity index (χ2n) is 5.00. The summed E-state index contributed by atoms with van der Waals surface area (Å²) in [5.74, 6) is 0. The van der Waals surface area contributed by atoms with Gasteiger partial charge in [-0.3, -0.25) is 13.9 Å². The fourth-order valence-corrected chi connectivity index (χ4v) is 1.75. The maximum Gasteiger partial charge on any atom is 0.330 e. The third kappa shape index (κ3) is 2.90. The van der Waals surface area contributed by atoms with Gasteiger partial charge in [-0.25, -0.2) is 4.79 Å². The summed E-state index contributed by atoms with van der Waals surface area (Å²) in [6.45, 7) is 6.92. The molecule has 0 aliphatic carbocycles. The van der Waals surface area contributed by atoms with E-state index in [0.29, 0.717) is 6.54 Å². The van der Waals surface area contributed by atoms with Gasteiger partial charge in [0, 0.05) is 37.9 Å². The SMILES string of the molecule is CCC(C)(CC)NCc1cc(=O)n(C)c(=O)n1C. The first-order chi connectivity index (χ1) is 8.34. The highest BCUT2D eigenvalue weighted by Crippen LogP contribution is 2.13. The highest BCUT2D eigenvalue weighted by molar-refractivity contribution is 5.02. The molecule has 0 aromatic carbocycles. The zero-order chi connectivity index (χ0) is 13.9. The zero-order valence-electron chi connectivity index (χ0n) is 11.9. The number of rotatable bonds is 5. The molecule has 0 spiro atoms. The minimum atomic E-state index is -0.283. The molecule has 0 radical (unpaired) electrons. The Morgan fingerprint density at radius 2 is 1.72 bits per heavy atom. The van der Waals surface area contributed by atoms with Crippen LogP contribution in [-0.4, -0.2) is 14.7 Å². The maximum atomic E-state index is 11.8. The number of nitrogens with zero attached hydrogens (tertiary/aromatic N) is 2. The van der Waals surface area contributed by atoms with Crippen molar-refractivity contribution in [3.05, 3.63) is 32.6 Å². The van der Waals surface area contributed by atoms with Crippen LogP contribution in [0.15, 0.2) is 15.7 Å². The highest BCUT2D eigenvalue weighted by Gasteiger charge is 2.19. The van der Waals surface area contributed by atoms with E-state index in [4.69, 9.17) is 0 Å². The van der Waals surface area contributed by atoms with E-state index in [1.54, 1.807) is 7.05 Å². The zero-order valence-corrected chi connectivity index (χ0v) is 11.9. The molecule has 0 bridgehead atoms. The molecule has 0 aliphatic rings. The van der Waals surface area contributed by atoms with Crippen LogP contribution in [0.3, 0.4) is 0 Å². The van der Waals surface area contributed by atoms with Crippen molar-refractivity contribution >= 4 is 0 Å². The minimum absolute atomic E-state index is 0.0388. The lowest BCUT2D eigenvalue weighted by Crippen LogP contribution is -2.43. The summed E-state index contributed by atoms with van der Waals surface area (Å²) >= 11 is 0. The predicted octanol–water partition coefficient (Wildman–Crippen LogP) is 0.752. The van der Waals surface area contributed by atoms with Gasteiger partial charge in [0.25, 0.3) is 5.56 Å². The van der Waals surface area contributed by atoms with Crippen LogP contribution in [0.25, 0.3) is 0 Å². The van der Waals surface area contributed by atoms with E-state index in [9.17, 15) is 9.59 Å². The first-order valence-electron chi connectivity index (χ1n) is 6.35. The van der Waals surface area contributed by atoms with Crippen molar-refractivity contribution in [3.8, 4) is 0 Å². The molecule has 1 N–H and O–H groups in total. The maximum absolute atomic E-state index is 11.8. The summed E-state index contributed by atoms with van der Waals surface area (Å²) in [5.41, 5.74) is 0.215. The lowest BCUT2D eigenvalue weighted by Gasteiger charge is -2.28. The quantitative estimate of drug-likeness (QED) is 0.842. The van der Waals surface area contributed by atoms with Crippen LogP contribution in [0.1, 0.15) is 39.3 Å². The largest absolute Gasteiger partial charge is 0.330 e. The fraction of sp³-hybridized carbons (Fsp3) is 0.692. The van der Waals surface area contributed by atoms with Gasteiger partial charge in [-0.05, 0) is 19.8 Å². The third-order valence-corrected chi connectivity index (χ3v) is 3.88. The van der Waals surface area contributed by atoms with E-state index in [0.717, 1.165) is 23.1 Å². The lowest BCUT2D eigenvalue weighted by molar-refractivity contribution is 0.325. The van der Waals surface area contributed by atoms with Gasteiger partial charge in [-0.15, -0.1) is 0 Å². The van der Waals surface area contributed by atoms with Gasteiger partial charge in [0.05, 0.1) is 0 Å². The lowest BCUT2D eigenvalue weighted by atomic mass is 9.95. The van der Waals surface area contributed by atoms with Gasteiger partial charge >= 0.3 is 5.69 Å². The fourth-order valence-electron chi connectivity index (χ4n) is 1.75. The second-order valence-corrected chi connectivity index (χ2v) is 5.00. The van der Waals surface area contributed by atoms with Gasteiger partial charge < -0.3 is 5.32 Å². The molecular weight excluding hydrogens is 230 g/mol. The van der Waals surface area contributed by atoms with E-state index in [1.807, 2.05) is 0 Å². The van der Waals surface area contributed by atoms with Crippen molar-refractivity contribution in [2.75, 3.05) is 0 Å². The molecule has 0 saturated carbocycles. The monoisotopic (exact) mass is 253 g/mol. The highest BCUT2D eigenvalue weighted by atomic mass is 16.2. The summed E-state index contributed by atoms with van der Waals surface area (Å²) < 4.78 is 2.63. The average Bonchev–Trinajstić information content (AvgIpc) is 2.38. The first-order valence-corrected chi connectivity index (χ1v) is 6.35. The van der Waals surface area contributed by atoms with Crippen LogP contribution in [0.5, 0.6) is 0 Å². The van der Waals surface area contributed by atoms with Crippen molar-refractivity contribution in [3.63, 3.8) is 0 Å². The molecule has 1 aromatic heterocycles. The van der Waals surface area contributed by atoms with Gasteiger partial charge in [-0.1, -0.05) is 13.8 Å². The first kappa shape index (κ1) is 14.7. The Morgan fingerprint density at radius 1 is 1.17 bits per heavy atom. The molecule has 0 saturated heterocycles. The van der Waals surface area contributed by atoms with Crippen molar-refractivity contribution in [1.82, 2.24) is 14.5 Å². The Labute approximate surface area is 107 Å². The molecule has 0 amide bonds. The van der Waals surface area contributed by atoms with Crippen LogP contribution in [0.4, 0.5) is 0 Å². The third-order valence-electron chi connectivity index (χ3n) is 3.88. The van der Waals surface area contributed by atoms with Gasteiger partial charge in [0.1, 0.15) is 0 Å². The van der Waals surface area contributed by atoms with E-state index in [2.05, 4.69) is 26.1 Å². The Hall–Kier alpha value is -1.36. The smallest absolute Gasteiger partial charge is 0.306 e. The number of aromatic nitrogens is 2. The minimum Gasteiger partial charge on any atom is -0.306 e. The van der Waals surface area contributed by atoms with Crippen LogP contribution >= 0.6 is 0 Å². The molecule has 0 unspecified atom stereocenters. The summed E-state index contributed by atoms with van der Waals surface area (Å²) in [4.78, 5) is 23.4. The summed E-state index contributed by atoms with van der Waals surface area (Å²) in [5, 5.41) is 3.42. The Morgan fingerprint density at radius 3 is 2.22 bits per heavy atom. The van der Waals surface area contributed by atoms with Crippen LogP contribution in [-0.2, 0) is 20.6 Å². The molecule has 1 rings (SSSR count). The molecule has 5 nitrogen and oxygen atoms in total. The van der Waals surface area contributed by atoms with Gasteiger partial charge in [-0.2, -0.15) is 0 Å². The molecule has 1 heterocycles. The molecule has 5 heteroatoms. The van der Waals surface area contributed by atoms with Crippen molar-refractivity contribution < 1.29 is 0 Å². The number of nitrogens with one attached hydrogen (secondary N) is 1. The summed E-state index contributed by atoms with van der Waals surface area (Å²) in [7, 11) is 3.18. The molecule has 0 fully saturated rings. The summed E-state index contributed by atoms with van der Waals surface area (Å²) in [6, 6.07) is 1.51. The summed E-state index contributed by atoms with van der Waals surface area (Å²) in [6.07, 6.45) is 2.00. The van der Waals surface area contributed by atoms with Crippen molar-refractivity contribution in [2.45, 2.75) is 45.7 Å². The Bertz CT molecular complexity index is 524. The number of hydrogen-bond acceptors (Lipinski definition) is 3. The molecule has 1 aromatic rings. The van der Waals surface area contributed by atoms with Crippen molar-refractivity contribution in [1.29, 1.82) is 0 Å². The average molecular weight is 253 g/mol. The molecule has 0 atom stereocenters. The Kier molecular flexibility index (Phi) is 4.51. The van der Waals surface area contributed by atoms with E-state index >= 15 is 0 Å². The molecule has 102 valence electrons. The van der Waals surface area contributed by atoms with E-state index < -0.39 is 0 Å². The Balaban J connectivity index is 3.00. The van der Waals surface area contributed by atoms with E-state index in [1.165, 1.54) is 17.7 Å². The standard InChI is InChI=1S/C13H23N3O2/c1-6-13(3,7-2)14-9-10-8-11(17)16(5)12(18)15(10)4/h8,14H,6-7,9H2,1-5H3. The molecular formula is C13H23N3O2. The van der Waals surface area contributed by atoms with Crippen LogP contribution in [0.2, 0.25) is 0 Å².